The van der Waals surface area contributed by atoms with Gasteiger partial charge in [-0.2, -0.15) is 0 Å². The van der Waals surface area contributed by atoms with Crippen molar-refractivity contribution in [2.24, 2.45) is 23.7 Å². The summed E-state index contributed by atoms with van der Waals surface area (Å²) < 4.78 is 31.4. The van der Waals surface area contributed by atoms with Crippen molar-refractivity contribution >= 4 is 17.5 Å². The van der Waals surface area contributed by atoms with E-state index in [1.54, 1.807) is 70.4 Å². The fraction of sp³-hybridized carbons (Fsp3) is 0.730. The number of imidazole rings is 1. The average molecular weight is 676 g/mol. The first-order chi connectivity index (χ1) is 22.5. The van der Waals surface area contributed by atoms with Crippen LogP contribution in [-0.2, 0) is 38.1 Å². The molecule has 48 heavy (non-hydrogen) atoms. The summed E-state index contributed by atoms with van der Waals surface area (Å²) in [6.07, 6.45) is 8.24. The number of hydrogen-bond acceptors (Lipinski definition) is 10. The Bertz CT molecular complexity index is 1220. The van der Waals surface area contributed by atoms with E-state index in [9.17, 15) is 14.4 Å². The maximum atomic E-state index is 13.9. The molecule has 3 heterocycles. The summed E-state index contributed by atoms with van der Waals surface area (Å²) in [5.74, 6) is -3.26. The maximum absolute atomic E-state index is 13.9. The number of ether oxygens (including phenoxy) is 5. The molecule has 11 heteroatoms. The Hall–Kier alpha value is -2.70. The highest BCUT2D eigenvalue weighted by atomic mass is 16.7. The first-order valence-corrected chi connectivity index (χ1v) is 17.2. The number of rotatable bonds is 8. The van der Waals surface area contributed by atoms with Gasteiger partial charge in [-0.3, -0.25) is 14.4 Å². The van der Waals surface area contributed by atoms with Crippen LogP contribution in [0.1, 0.15) is 87.3 Å². The van der Waals surface area contributed by atoms with Crippen molar-refractivity contribution in [2.45, 2.75) is 124 Å². The normalized spacial score (nSPS) is 35.8. The molecule has 11 nitrogen and oxygen atoms in total. The van der Waals surface area contributed by atoms with E-state index in [1.165, 1.54) is 0 Å². The third-order valence-corrected chi connectivity index (χ3v) is 9.55. The predicted octanol–water partition coefficient (Wildman–Crippen LogP) is 5.80. The monoisotopic (exact) mass is 675 g/mol. The van der Waals surface area contributed by atoms with Crippen LogP contribution >= 0.6 is 0 Å². The van der Waals surface area contributed by atoms with Crippen LogP contribution in [0.4, 0.5) is 0 Å². The molecule has 0 N–H and O–H groups in total. The van der Waals surface area contributed by atoms with Crippen molar-refractivity contribution in [1.82, 2.24) is 14.5 Å². The van der Waals surface area contributed by atoms with Gasteiger partial charge in [0.2, 0.25) is 0 Å². The SMILES string of the molecule is C=C[C@]1(OC(C)n2ccnc2)/C=C(\C)C(=O)[C@H](C)C[C@H](C)[C@H](O[C@H]2C[C@@H](N(C)C)C[C@@H](C)O2)[C@@H](C)C(=O)[C@@H](C)C(=O)O[C@@H]1CC.COC. The van der Waals surface area contributed by atoms with Crippen LogP contribution in [0.5, 0.6) is 0 Å². The van der Waals surface area contributed by atoms with E-state index >= 15 is 0 Å². The van der Waals surface area contributed by atoms with Crippen molar-refractivity contribution in [3.05, 3.63) is 43.0 Å². The molecule has 0 saturated carbocycles. The number of Topliss-reactive ketones (excluding diaryl/α,β-unsaturated/α-hetero) is 2. The molecule has 1 saturated heterocycles. The number of esters is 1. The van der Waals surface area contributed by atoms with Gasteiger partial charge in [-0.15, -0.1) is 0 Å². The highest BCUT2D eigenvalue weighted by molar-refractivity contribution is 6.00. The van der Waals surface area contributed by atoms with Gasteiger partial charge < -0.3 is 33.2 Å². The summed E-state index contributed by atoms with van der Waals surface area (Å²) >= 11 is 0. The number of cyclic esters (lactones) is 1. The van der Waals surface area contributed by atoms with Crippen LogP contribution in [-0.4, -0.2) is 96.5 Å². The van der Waals surface area contributed by atoms with Gasteiger partial charge in [-0.05, 0) is 78.6 Å². The zero-order chi connectivity index (χ0) is 36.3. The Morgan fingerprint density at radius 2 is 1.77 bits per heavy atom. The molecule has 1 fully saturated rings. The van der Waals surface area contributed by atoms with Crippen molar-refractivity contribution in [2.75, 3.05) is 28.3 Å². The van der Waals surface area contributed by atoms with Gasteiger partial charge in [0.25, 0.3) is 0 Å². The molecule has 2 aliphatic heterocycles. The molecule has 0 spiro atoms. The predicted molar refractivity (Wildman–Crippen MR) is 185 cm³/mol. The minimum atomic E-state index is -1.35. The minimum absolute atomic E-state index is 0.00650. The first-order valence-electron chi connectivity index (χ1n) is 17.2. The number of methoxy groups -OCH3 is 1. The molecule has 0 amide bonds. The van der Waals surface area contributed by atoms with Gasteiger partial charge >= 0.3 is 5.97 Å². The largest absolute Gasteiger partial charge is 0.458 e. The van der Waals surface area contributed by atoms with E-state index < -0.39 is 48.1 Å². The number of allylic oxidation sites excluding steroid dienone is 1. The second kappa shape index (κ2) is 18.9. The second-order valence-electron chi connectivity index (χ2n) is 13.8. The lowest BCUT2D eigenvalue weighted by atomic mass is 9.79. The fourth-order valence-electron chi connectivity index (χ4n) is 6.79. The quantitative estimate of drug-likeness (QED) is 0.190. The molecular formula is C37H61N3O8. The average Bonchev–Trinajstić information content (AvgIpc) is 3.59. The van der Waals surface area contributed by atoms with Crippen LogP contribution in [0.25, 0.3) is 0 Å². The molecule has 0 aliphatic carbocycles. The fourth-order valence-corrected chi connectivity index (χ4v) is 6.79. The van der Waals surface area contributed by atoms with Crippen molar-refractivity contribution in [3.63, 3.8) is 0 Å². The molecule has 272 valence electrons. The van der Waals surface area contributed by atoms with Crippen molar-refractivity contribution in [3.8, 4) is 0 Å². The van der Waals surface area contributed by atoms with Crippen LogP contribution in [0.2, 0.25) is 0 Å². The lowest BCUT2D eigenvalue weighted by Gasteiger charge is -2.41. The smallest absolute Gasteiger partial charge is 0.316 e. The van der Waals surface area contributed by atoms with Crippen LogP contribution in [0.3, 0.4) is 0 Å². The minimum Gasteiger partial charge on any atom is -0.458 e. The number of carbonyl (C=O) groups excluding carboxylic acids is 3. The molecule has 0 aromatic carbocycles. The summed E-state index contributed by atoms with van der Waals surface area (Å²) in [7, 11) is 7.33. The molecule has 3 rings (SSSR count). The molecule has 1 aromatic heterocycles. The third-order valence-electron chi connectivity index (χ3n) is 9.55. The van der Waals surface area contributed by atoms with Crippen LogP contribution in [0.15, 0.2) is 43.0 Å². The molecule has 0 radical (unpaired) electrons. The molecule has 11 atom stereocenters. The third kappa shape index (κ3) is 10.6. The van der Waals surface area contributed by atoms with Crippen LogP contribution in [0, 0.1) is 23.7 Å². The highest BCUT2D eigenvalue weighted by Gasteiger charge is 2.44. The van der Waals surface area contributed by atoms with Crippen molar-refractivity contribution in [1.29, 1.82) is 0 Å². The molecule has 0 bridgehead atoms. The van der Waals surface area contributed by atoms with Crippen molar-refractivity contribution < 1.29 is 38.1 Å². The zero-order valence-corrected chi connectivity index (χ0v) is 31.3. The summed E-state index contributed by atoms with van der Waals surface area (Å²) in [5.41, 5.74) is -0.867. The number of ketones is 2. The lowest BCUT2D eigenvalue weighted by Crippen LogP contribution is -2.49. The van der Waals surface area contributed by atoms with Gasteiger partial charge in [0, 0.05) is 50.9 Å². The Morgan fingerprint density at radius 3 is 2.31 bits per heavy atom. The molecule has 1 aromatic rings. The Morgan fingerprint density at radius 1 is 1.12 bits per heavy atom. The Balaban J connectivity index is 0.00000257. The van der Waals surface area contributed by atoms with Gasteiger partial charge in [0.1, 0.15) is 23.9 Å². The zero-order valence-electron chi connectivity index (χ0n) is 31.3. The van der Waals surface area contributed by atoms with E-state index in [0.29, 0.717) is 24.8 Å². The van der Waals surface area contributed by atoms with E-state index in [2.05, 4.69) is 21.2 Å². The standard InChI is InChI=1S/C35H55N3O7.C2H6O/c1-12-29-35(13-2,45-27(9)38-15-14-36-20-38)19-23(5)31(39)21(3)16-22(4)33(25(7)32(40)26(8)34(41)43-29)44-30-18-28(37(10)11)17-24(6)42-30;1-3-2/h13-15,19-22,24-30,33H,2,12,16-18H2,1,3-11H3;1-2H3/b23-19+;/t21-,22+,24-,25+,26-,27?,28+,29-,30+,33+,35+;/m1./s1. The number of hydrogen-bond donors (Lipinski definition) is 0. The summed E-state index contributed by atoms with van der Waals surface area (Å²) in [5, 5.41) is 0. The maximum Gasteiger partial charge on any atom is 0.316 e. The first kappa shape index (κ1) is 41.5. The summed E-state index contributed by atoms with van der Waals surface area (Å²) in [6, 6.07) is 0.274. The Labute approximate surface area is 288 Å². The van der Waals surface area contributed by atoms with Gasteiger partial charge in [-0.1, -0.05) is 40.3 Å². The number of aromatic nitrogens is 2. The van der Waals surface area contributed by atoms with E-state index in [1.807, 2.05) is 48.7 Å². The molecule has 2 aliphatic rings. The second-order valence-corrected chi connectivity index (χ2v) is 13.8. The lowest BCUT2D eigenvalue weighted by molar-refractivity contribution is -0.236. The highest BCUT2D eigenvalue weighted by Crippen LogP contribution is 2.35. The van der Waals surface area contributed by atoms with Gasteiger partial charge in [-0.25, -0.2) is 4.98 Å². The number of carbonyl (C=O) groups is 3. The van der Waals surface area contributed by atoms with E-state index in [4.69, 9.17) is 18.9 Å². The van der Waals surface area contributed by atoms with Gasteiger partial charge in [0.05, 0.1) is 18.5 Å². The molecule has 1 unspecified atom stereocenters. The summed E-state index contributed by atoms with van der Waals surface area (Å²) in [4.78, 5) is 47.8. The molecular weight excluding hydrogens is 614 g/mol. The van der Waals surface area contributed by atoms with E-state index in [0.717, 1.165) is 6.42 Å². The number of nitrogens with zero attached hydrogens (tertiary/aromatic N) is 3. The topological polar surface area (TPSA) is 118 Å². The van der Waals surface area contributed by atoms with E-state index in [-0.39, 0.29) is 35.5 Å². The summed E-state index contributed by atoms with van der Waals surface area (Å²) in [6.45, 7) is 18.8. The van der Waals surface area contributed by atoms with Gasteiger partial charge in [0.15, 0.2) is 17.9 Å². The van der Waals surface area contributed by atoms with Crippen LogP contribution < -0.4 is 0 Å². The Kier molecular flexibility index (Phi) is 16.3.